The summed E-state index contributed by atoms with van der Waals surface area (Å²) in [4.78, 5) is 10.9. The highest BCUT2D eigenvalue weighted by atomic mass is 16.5. The van der Waals surface area contributed by atoms with Gasteiger partial charge < -0.3 is 4.74 Å². The fourth-order valence-electron chi connectivity index (χ4n) is 1.14. The summed E-state index contributed by atoms with van der Waals surface area (Å²) in [6, 6.07) is 0. The fourth-order valence-corrected chi connectivity index (χ4v) is 1.14. The summed E-state index contributed by atoms with van der Waals surface area (Å²) in [5, 5.41) is 0. The third-order valence-corrected chi connectivity index (χ3v) is 1.69. The van der Waals surface area contributed by atoms with Gasteiger partial charge in [-0.1, -0.05) is 6.08 Å². The first-order valence-corrected chi connectivity index (χ1v) is 3.54. The highest BCUT2D eigenvalue weighted by Gasteiger charge is 2.16. The first-order chi connectivity index (χ1) is 4.72. The summed E-state index contributed by atoms with van der Waals surface area (Å²) >= 11 is 0. The summed E-state index contributed by atoms with van der Waals surface area (Å²) in [6.45, 7) is 4.24. The number of hydrogen-bond acceptors (Lipinski definition) is 2. The Morgan fingerprint density at radius 3 is 2.90 bits per heavy atom. The molecule has 0 spiro atoms. The van der Waals surface area contributed by atoms with Crippen LogP contribution in [0, 0.1) is 0 Å². The van der Waals surface area contributed by atoms with Crippen LogP contribution in [-0.4, -0.2) is 18.5 Å². The Hall–Kier alpha value is -0.630. The fraction of sp³-hybridized carbons (Fsp3) is 0.625. The van der Waals surface area contributed by atoms with Crippen LogP contribution in [0.5, 0.6) is 0 Å². The standard InChI is InChI=1S/C8H12O2/c1-6(9)8-4-3-5-10-7(8)2/h4,7H,3,5H2,1-2H3. The van der Waals surface area contributed by atoms with Crippen LogP contribution in [0.15, 0.2) is 11.6 Å². The van der Waals surface area contributed by atoms with Gasteiger partial charge in [0, 0.05) is 5.57 Å². The van der Waals surface area contributed by atoms with E-state index in [1.165, 1.54) is 0 Å². The summed E-state index contributed by atoms with van der Waals surface area (Å²) in [7, 11) is 0. The number of carbonyl (C=O) groups excluding carboxylic acids is 1. The highest BCUT2D eigenvalue weighted by molar-refractivity contribution is 5.94. The minimum atomic E-state index is 0.00579. The maximum atomic E-state index is 10.9. The smallest absolute Gasteiger partial charge is 0.158 e. The lowest BCUT2D eigenvalue weighted by Crippen LogP contribution is -2.21. The van der Waals surface area contributed by atoms with Gasteiger partial charge in [-0.3, -0.25) is 4.79 Å². The molecule has 0 amide bonds. The molecule has 0 aliphatic carbocycles. The van der Waals surface area contributed by atoms with Crippen LogP contribution < -0.4 is 0 Å². The van der Waals surface area contributed by atoms with Gasteiger partial charge in [0.05, 0.1) is 12.7 Å². The quantitative estimate of drug-likeness (QED) is 0.549. The van der Waals surface area contributed by atoms with E-state index < -0.39 is 0 Å². The van der Waals surface area contributed by atoms with Crippen molar-refractivity contribution in [3.63, 3.8) is 0 Å². The van der Waals surface area contributed by atoms with Crippen molar-refractivity contribution in [2.45, 2.75) is 26.4 Å². The predicted molar refractivity (Wildman–Crippen MR) is 38.8 cm³/mol. The normalized spacial score (nSPS) is 25.8. The van der Waals surface area contributed by atoms with Crippen molar-refractivity contribution in [3.05, 3.63) is 11.6 Å². The number of carbonyl (C=O) groups is 1. The largest absolute Gasteiger partial charge is 0.373 e. The van der Waals surface area contributed by atoms with Gasteiger partial charge in [0.1, 0.15) is 0 Å². The number of hydrogen-bond donors (Lipinski definition) is 0. The molecule has 0 aromatic rings. The van der Waals surface area contributed by atoms with Crippen LogP contribution in [0.3, 0.4) is 0 Å². The summed E-state index contributed by atoms with van der Waals surface area (Å²) in [6.07, 6.45) is 2.85. The summed E-state index contributed by atoms with van der Waals surface area (Å²) < 4.78 is 5.26. The number of rotatable bonds is 1. The molecule has 0 saturated heterocycles. The van der Waals surface area contributed by atoms with Gasteiger partial charge in [-0.25, -0.2) is 0 Å². The van der Waals surface area contributed by atoms with Crippen LogP contribution in [0.1, 0.15) is 20.3 Å². The van der Waals surface area contributed by atoms with Crippen molar-refractivity contribution in [3.8, 4) is 0 Å². The predicted octanol–water partition coefficient (Wildman–Crippen LogP) is 1.31. The molecule has 1 atom stereocenters. The average molecular weight is 140 g/mol. The zero-order valence-electron chi connectivity index (χ0n) is 6.39. The molecule has 0 aromatic heterocycles. The van der Waals surface area contributed by atoms with Gasteiger partial charge in [-0.15, -0.1) is 0 Å². The minimum Gasteiger partial charge on any atom is -0.373 e. The average Bonchev–Trinajstić information content (AvgIpc) is 1.88. The molecule has 1 rings (SSSR count). The summed E-state index contributed by atoms with van der Waals surface area (Å²) in [5.41, 5.74) is 0.825. The van der Waals surface area contributed by atoms with E-state index in [9.17, 15) is 4.79 Å². The molecule has 0 bridgehead atoms. The van der Waals surface area contributed by atoms with Gasteiger partial charge in [-0.05, 0) is 20.3 Å². The van der Waals surface area contributed by atoms with Crippen LogP contribution in [0.25, 0.3) is 0 Å². The van der Waals surface area contributed by atoms with Crippen LogP contribution in [-0.2, 0) is 9.53 Å². The van der Waals surface area contributed by atoms with E-state index in [1.54, 1.807) is 6.92 Å². The number of Topliss-reactive ketones (excluding diaryl/α,β-unsaturated/α-hetero) is 1. The Labute approximate surface area is 60.9 Å². The first-order valence-electron chi connectivity index (χ1n) is 3.54. The molecule has 1 heterocycles. The molecule has 10 heavy (non-hydrogen) atoms. The van der Waals surface area contributed by atoms with Gasteiger partial charge in [0.2, 0.25) is 0 Å². The van der Waals surface area contributed by atoms with E-state index in [2.05, 4.69) is 0 Å². The van der Waals surface area contributed by atoms with Gasteiger partial charge in [-0.2, -0.15) is 0 Å². The van der Waals surface area contributed by atoms with E-state index >= 15 is 0 Å². The number of ether oxygens (including phenoxy) is 1. The lowest BCUT2D eigenvalue weighted by Gasteiger charge is -2.18. The Balaban J connectivity index is 2.71. The van der Waals surface area contributed by atoms with Gasteiger partial charge in [0.25, 0.3) is 0 Å². The molecule has 0 radical (unpaired) electrons. The second kappa shape index (κ2) is 2.97. The second-order valence-electron chi connectivity index (χ2n) is 2.52. The lowest BCUT2D eigenvalue weighted by molar-refractivity contribution is -0.115. The maximum Gasteiger partial charge on any atom is 0.158 e. The molecule has 56 valence electrons. The van der Waals surface area contributed by atoms with Crippen molar-refractivity contribution in [1.29, 1.82) is 0 Å². The van der Waals surface area contributed by atoms with E-state index in [4.69, 9.17) is 4.74 Å². The Morgan fingerprint density at radius 2 is 2.50 bits per heavy atom. The molecule has 1 aliphatic rings. The molecule has 2 nitrogen and oxygen atoms in total. The maximum absolute atomic E-state index is 10.9. The minimum absolute atomic E-state index is 0.00579. The van der Waals surface area contributed by atoms with E-state index in [1.807, 2.05) is 13.0 Å². The molecule has 0 aromatic carbocycles. The molecule has 0 fully saturated rings. The van der Waals surface area contributed by atoms with Crippen molar-refractivity contribution < 1.29 is 9.53 Å². The molecule has 0 saturated carbocycles. The third kappa shape index (κ3) is 1.45. The number of ketones is 1. The van der Waals surface area contributed by atoms with Crippen molar-refractivity contribution in [2.75, 3.05) is 6.61 Å². The van der Waals surface area contributed by atoms with Crippen molar-refractivity contribution >= 4 is 5.78 Å². The second-order valence-corrected chi connectivity index (χ2v) is 2.52. The van der Waals surface area contributed by atoms with Crippen LogP contribution >= 0.6 is 0 Å². The van der Waals surface area contributed by atoms with Gasteiger partial charge >= 0.3 is 0 Å². The van der Waals surface area contributed by atoms with Crippen molar-refractivity contribution in [1.82, 2.24) is 0 Å². The Morgan fingerprint density at radius 1 is 1.80 bits per heavy atom. The first kappa shape index (κ1) is 7.48. The molecule has 1 aliphatic heterocycles. The highest BCUT2D eigenvalue weighted by Crippen LogP contribution is 2.13. The van der Waals surface area contributed by atoms with E-state index in [0.717, 1.165) is 18.6 Å². The van der Waals surface area contributed by atoms with Gasteiger partial charge in [0.15, 0.2) is 5.78 Å². The van der Waals surface area contributed by atoms with Crippen LogP contribution in [0.2, 0.25) is 0 Å². The molecule has 0 N–H and O–H groups in total. The molecular weight excluding hydrogens is 128 g/mol. The van der Waals surface area contributed by atoms with Crippen LogP contribution in [0.4, 0.5) is 0 Å². The third-order valence-electron chi connectivity index (χ3n) is 1.69. The molecule has 1 unspecified atom stereocenters. The Bertz CT molecular complexity index is 170. The molecule has 2 heteroatoms. The lowest BCUT2D eigenvalue weighted by atomic mass is 10.0. The SMILES string of the molecule is CC(=O)C1=CCCOC1C. The zero-order valence-corrected chi connectivity index (χ0v) is 6.39. The topological polar surface area (TPSA) is 26.3 Å². The Kier molecular flexibility index (Phi) is 2.22. The molecular formula is C8H12O2. The van der Waals surface area contributed by atoms with Crippen molar-refractivity contribution in [2.24, 2.45) is 0 Å². The van der Waals surface area contributed by atoms with E-state index in [0.29, 0.717) is 0 Å². The monoisotopic (exact) mass is 140 g/mol. The summed E-state index contributed by atoms with van der Waals surface area (Å²) in [5.74, 6) is 0.132. The van der Waals surface area contributed by atoms with E-state index in [-0.39, 0.29) is 11.9 Å². The zero-order chi connectivity index (χ0) is 7.56.